The highest BCUT2D eigenvalue weighted by molar-refractivity contribution is 4.96. The first-order valence-electron chi connectivity index (χ1n) is 7.37. The van der Waals surface area contributed by atoms with Crippen LogP contribution in [0.1, 0.15) is 26.7 Å². The average Bonchev–Trinajstić information content (AvgIpc) is 2.38. The van der Waals surface area contributed by atoms with Crippen molar-refractivity contribution in [2.75, 3.05) is 53.0 Å². The van der Waals surface area contributed by atoms with Crippen molar-refractivity contribution in [2.24, 2.45) is 0 Å². The molecular formula is C14H29N3O. The van der Waals surface area contributed by atoms with Gasteiger partial charge in [-0.15, -0.1) is 0 Å². The molecule has 1 unspecified atom stereocenters. The number of ether oxygens (including phenoxy) is 1. The molecule has 1 N–H and O–H groups in total. The SMILES string of the molecule is CNC1CCCN(CCN2CCOCC2)C1(C)C. The van der Waals surface area contributed by atoms with Crippen molar-refractivity contribution in [1.29, 1.82) is 0 Å². The maximum atomic E-state index is 5.40. The van der Waals surface area contributed by atoms with Crippen LogP contribution in [0.5, 0.6) is 0 Å². The fourth-order valence-electron chi connectivity index (χ4n) is 3.33. The molecule has 2 saturated heterocycles. The normalized spacial score (nSPS) is 30.5. The Labute approximate surface area is 112 Å². The zero-order valence-electron chi connectivity index (χ0n) is 12.2. The van der Waals surface area contributed by atoms with E-state index in [0.29, 0.717) is 6.04 Å². The lowest BCUT2D eigenvalue weighted by Crippen LogP contribution is -2.61. The van der Waals surface area contributed by atoms with E-state index in [1.54, 1.807) is 0 Å². The van der Waals surface area contributed by atoms with E-state index in [1.807, 2.05) is 0 Å². The smallest absolute Gasteiger partial charge is 0.0594 e. The Morgan fingerprint density at radius 3 is 2.56 bits per heavy atom. The summed E-state index contributed by atoms with van der Waals surface area (Å²) in [4.78, 5) is 5.19. The third-order valence-corrected chi connectivity index (χ3v) is 4.73. The van der Waals surface area contributed by atoms with Crippen LogP contribution in [-0.2, 0) is 4.74 Å². The number of likely N-dealkylation sites (N-methyl/N-ethyl adjacent to an activating group) is 1. The predicted octanol–water partition coefficient (Wildman–Crippen LogP) is 0.781. The number of nitrogens with zero attached hydrogens (tertiary/aromatic N) is 2. The van der Waals surface area contributed by atoms with E-state index >= 15 is 0 Å². The zero-order chi connectivity index (χ0) is 13.0. The minimum absolute atomic E-state index is 0.277. The molecule has 2 aliphatic rings. The van der Waals surface area contributed by atoms with Gasteiger partial charge in [-0.3, -0.25) is 9.80 Å². The van der Waals surface area contributed by atoms with Gasteiger partial charge in [0.2, 0.25) is 0 Å². The molecule has 106 valence electrons. The molecule has 0 spiro atoms. The molecule has 2 fully saturated rings. The summed E-state index contributed by atoms with van der Waals surface area (Å²) >= 11 is 0. The lowest BCUT2D eigenvalue weighted by molar-refractivity contribution is 0.00908. The van der Waals surface area contributed by atoms with Crippen molar-refractivity contribution < 1.29 is 4.74 Å². The van der Waals surface area contributed by atoms with Crippen LogP contribution < -0.4 is 5.32 Å². The van der Waals surface area contributed by atoms with Crippen molar-refractivity contribution in [3.05, 3.63) is 0 Å². The van der Waals surface area contributed by atoms with Gasteiger partial charge in [0.25, 0.3) is 0 Å². The van der Waals surface area contributed by atoms with E-state index < -0.39 is 0 Å². The lowest BCUT2D eigenvalue weighted by Gasteiger charge is -2.48. The molecule has 0 aromatic carbocycles. The van der Waals surface area contributed by atoms with E-state index in [9.17, 15) is 0 Å². The van der Waals surface area contributed by atoms with Gasteiger partial charge in [0.05, 0.1) is 13.2 Å². The molecule has 0 aromatic rings. The van der Waals surface area contributed by atoms with Crippen molar-refractivity contribution in [3.63, 3.8) is 0 Å². The lowest BCUT2D eigenvalue weighted by atomic mass is 9.85. The van der Waals surface area contributed by atoms with Crippen molar-refractivity contribution >= 4 is 0 Å². The second-order valence-corrected chi connectivity index (χ2v) is 6.08. The Balaban J connectivity index is 1.83. The van der Waals surface area contributed by atoms with Crippen LogP contribution in [0.3, 0.4) is 0 Å². The molecule has 0 amide bonds. The highest BCUT2D eigenvalue weighted by Gasteiger charge is 2.37. The van der Waals surface area contributed by atoms with Crippen LogP contribution in [0.25, 0.3) is 0 Å². The second kappa shape index (κ2) is 6.33. The molecule has 2 heterocycles. The summed E-state index contributed by atoms with van der Waals surface area (Å²) in [6.45, 7) is 12.4. The zero-order valence-corrected chi connectivity index (χ0v) is 12.2. The first-order chi connectivity index (χ1) is 8.64. The van der Waals surface area contributed by atoms with Crippen molar-refractivity contribution in [3.8, 4) is 0 Å². The molecule has 4 nitrogen and oxygen atoms in total. The minimum Gasteiger partial charge on any atom is -0.379 e. The van der Waals surface area contributed by atoms with E-state index in [1.165, 1.54) is 32.5 Å². The second-order valence-electron chi connectivity index (χ2n) is 6.08. The van der Waals surface area contributed by atoms with Gasteiger partial charge >= 0.3 is 0 Å². The topological polar surface area (TPSA) is 27.7 Å². The molecular weight excluding hydrogens is 226 g/mol. The van der Waals surface area contributed by atoms with Gasteiger partial charge < -0.3 is 10.1 Å². The Morgan fingerprint density at radius 1 is 1.17 bits per heavy atom. The van der Waals surface area contributed by atoms with Crippen LogP contribution in [-0.4, -0.2) is 74.4 Å². The Kier molecular flexibility index (Phi) is 5.01. The van der Waals surface area contributed by atoms with Crippen molar-refractivity contribution in [2.45, 2.75) is 38.3 Å². The molecule has 2 rings (SSSR count). The van der Waals surface area contributed by atoms with Crippen LogP contribution in [0.2, 0.25) is 0 Å². The summed E-state index contributed by atoms with van der Waals surface area (Å²) in [5.41, 5.74) is 0.277. The minimum atomic E-state index is 0.277. The summed E-state index contributed by atoms with van der Waals surface area (Å²) in [6, 6.07) is 0.621. The van der Waals surface area contributed by atoms with Gasteiger partial charge in [-0.2, -0.15) is 0 Å². The monoisotopic (exact) mass is 255 g/mol. The van der Waals surface area contributed by atoms with Gasteiger partial charge in [-0.05, 0) is 40.3 Å². The molecule has 0 radical (unpaired) electrons. The highest BCUT2D eigenvalue weighted by Crippen LogP contribution is 2.27. The summed E-state index contributed by atoms with van der Waals surface area (Å²) in [5.74, 6) is 0. The van der Waals surface area contributed by atoms with Gasteiger partial charge in [0, 0.05) is 37.8 Å². The molecule has 0 bridgehead atoms. The summed E-state index contributed by atoms with van der Waals surface area (Å²) in [7, 11) is 2.10. The van der Waals surface area contributed by atoms with Crippen LogP contribution in [0, 0.1) is 0 Å². The summed E-state index contributed by atoms with van der Waals surface area (Å²) in [6.07, 6.45) is 2.62. The third-order valence-electron chi connectivity index (χ3n) is 4.73. The molecule has 0 aromatic heterocycles. The number of likely N-dealkylation sites (tertiary alicyclic amines) is 1. The van der Waals surface area contributed by atoms with Gasteiger partial charge in [0.15, 0.2) is 0 Å². The van der Waals surface area contributed by atoms with Crippen molar-refractivity contribution in [1.82, 2.24) is 15.1 Å². The summed E-state index contributed by atoms with van der Waals surface area (Å²) in [5, 5.41) is 3.49. The first kappa shape index (κ1) is 14.3. The number of rotatable bonds is 4. The quantitative estimate of drug-likeness (QED) is 0.803. The number of morpholine rings is 1. The predicted molar refractivity (Wildman–Crippen MR) is 75.0 cm³/mol. The van der Waals surface area contributed by atoms with Gasteiger partial charge in [0.1, 0.15) is 0 Å². The van der Waals surface area contributed by atoms with E-state index in [4.69, 9.17) is 4.74 Å². The van der Waals surface area contributed by atoms with Crippen LogP contribution >= 0.6 is 0 Å². The van der Waals surface area contributed by atoms with E-state index in [-0.39, 0.29) is 5.54 Å². The highest BCUT2D eigenvalue weighted by atomic mass is 16.5. The maximum Gasteiger partial charge on any atom is 0.0594 e. The van der Waals surface area contributed by atoms with E-state index in [0.717, 1.165) is 26.3 Å². The standard InChI is InChI=1S/C14H29N3O/c1-14(2)13(15-3)5-4-6-17(14)8-7-16-9-11-18-12-10-16/h13,15H,4-12H2,1-3H3. The fourth-order valence-corrected chi connectivity index (χ4v) is 3.33. The molecule has 2 aliphatic heterocycles. The fraction of sp³-hybridized carbons (Fsp3) is 1.00. The summed E-state index contributed by atoms with van der Waals surface area (Å²) < 4.78 is 5.40. The first-order valence-corrected chi connectivity index (χ1v) is 7.37. The Bertz CT molecular complexity index is 251. The largest absolute Gasteiger partial charge is 0.379 e. The van der Waals surface area contributed by atoms with Crippen LogP contribution in [0.15, 0.2) is 0 Å². The molecule has 18 heavy (non-hydrogen) atoms. The number of piperidine rings is 1. The number of nitrogens with one attached hydrogen (secondary N) is 1. The van der Waals surface area contributed by atoms with Crippen LogP contribution in [0.4, 0.5) is 0 Å². The maximum absolute atomic E-state index is 5.40. The van der Waals surface area contributed by atoms with Gasteiger partial charge in [-0.1, -0.05) is 0 Å². The molecule has 0 aliphatic carbocycles. The number of hydrogen-bond acceptors (Lipinski definition) is 4. The average molecular weight is 255 g/mol. The Hall–Kier alpha value is -0.160. The molecule has 1 atom stereocenters. The molecule has 0 saturated carbocycles. The molecule has 4 heteroatoms. The van der Waals surface area contributed by atoms with E-state index in [2.05, 4.69) is 36.0 Å². The Morgan fingerprint density at radius 2 is 1.89 bits per heavy atom. The number of hydrogen-bond donors (Lipinski definition) is 1. The third kappa shape index (κ3) is 3.23. The van der Waals surface area contributed by atoms with Gasteiger partial charge in [-0.25, -0.2) is 0 Å².